The monoisotopic (exact) mass is 280 g/mol. The second-order valence-corrected chi connectivity index (χ2v) is 4.78. The number of likely N-dealkylation sites (N-methyl/N-ethyl adjacent to an activating group) is 1. The minimum atomic E-state index is 0.172. The topological polar surface area (TPSA) is 57.0 Å². The van der Waals surface area contributed by atoms with Crippen LogP contribution in [0, 0.1) is 0 Å². The lowest BCUT2D eigenvalue weighted by Gasteiger charge is -2.30. The smallest absolute Gasteiger partial charge is 0.161 e. The van der Waals surface area contributed by atoms with Crippen LogP contribution in [-0.4, -0.2) is 51.5 Å². The van der Waals surface area contributed by atoms with E-state index in [4.69, 9.17) is 19.9 Å². The Hall–Kier alpha value is -1.30. The largest absolute Gasteiger partial charge is 0.486 e. The zero-order valence-corrected chi connectivity index (χ0v) is 12.3. The molecule has 0 aromatic heterocycles. The highest BCUT2D eigenvalue weighted by molar-refractivity contribution is 5.44. The first-order valence-electron chi connectivity index (χ1n) is 7.12. The molecule has 2 rings (SSSR count). The summed E-state index contributed by atoms with van der Waals surface area (Å²) in [5.74, 6) is 1.63. The third-order valence-corrected chi connectivity index (χ3v) is 3.60. The van der Waals surface area contributed by atoms with E-state index < -0.39 is 0 Å². The number of ether oxygens (including phenoxy) is 3. The van der Waals surface area contributed by atoms with E-state index in [1.165, 1.54) is 0 Å². The van der Waals surface area contributed by atoms with Crippen molar-refractivity contribution in [3.8, 4) is 11.5 Å². The van der Waals surface area contributed by atoms with Gasteiger partial charge in [0.15, 0.2) is 11.5 Å². The van der Waals surface area contributed by atoms with E-state index in [1.807, 2.05) is 12.1 Å². The van der Waals surface area contributed by atoms with E-state index in [1.54, 1.807) is 7.11 Å². The van der Waals surface area contributed by atoms with Gasteiger partial charge in [0.25, 0.3) is 0 Å². The molecular weight excluding hydrogens is 256 g/mol. The molecular formula is C15H24N2O3. The second-order valence-electron chi connectivity index (χ2n) is 4.78. The molecule has 1 atom stereocenters. The molecule has 0 aliphatic carbocycles. The van der Waals surface area contributed by atoms with Crippen molar-refractivity contribution < 1.29 is 14.2 Å². The van der Waals surface area contributed by atoms with Gasteiger partial charge in [0.1, 0.15) is 13.2 Å². The molecule has 2 N–H and O–H groups in total. The van der Waals surface area contributed by atoms with Gasteiger partial charge < -0.3 is 19.9 Å². The van der Waals surface area contributed by atoms with E-state index in [0.717, 1.165) is 30.2 Å². The summed E-state index contributed by atoms with van der Waals surface area (Å²) >= 11 is 0. The van der Waals surface area contributed by atoms with Gasteiger partial charge in [-0.25, -0.2) is 0 Å². The maximum atomic E-state index is 5.97. The van der Waals surface area contributed by atoms with Crippen molar-refractivity contribution in [2.45, 2.75) is 13.0 Å². The predicted molar refractivity (Wildman–Crippen MR) is 78.4 cm³/mol. The molecule has 1 aliphatic heterocycles. The first kappa shape index (κ1) is 15.1. The third-order valence-electron chi connectivity index (χ3n) is 3.60. The molecule has 0 fully saturated rings. The van der Waals surface area contributed by atoms with Crippen molar-refractivity contribution in [1.82, 2.24) is 4.90 Å². The van der Waals surface area contributed by atoms with Crippen molar-refractivity contribution in [3.05, 3.63) is 23.8 Å². The molecule has 112 valence electrons. The second kappa shape index (κ2) is 7.47. The standard InChI is InChI=1S/C15H24N2O3/c1-3-17(6-7-18-2)13(11-16)12-4-5-14-15(10-12)20-9-8-19-14/h4-5,10,13H,3,6-9,11,16H2,1-2H3. The van der Waals surface area contributed by atoms with Crippen LogP contribution in [0.4, 0.5) is 0 Å². The quantitative estimate of drug-likeness (QED) is 0.819. The van der Waals surface area contributed by atoms with Gasteiger partial charge in [-0.1, -0.05) is 13.0 Å². The molecule has 1 heterocycles. The summed E-state index contributed by atoms with van der Waals surface area (Å²) in [5, 5.41) is 0. The lowest BCUT2D eigenvalue weighted by Crippen LogP contribution is -2.36. The van der Waals surface area contributed by atoms with Gasteiger partial charge in [-0.3, -0.25) is 4.90 Å². The minimum absolute atomic E-state index is 0.172. The average molecular weight is 280 g/mol. The van der Waals surface area contributed by atoms with Crippen LogP contribution in [0.15, 0.2) is 18.2 Å². The third kappa shape index (κ3) is 3.42. The van der Waals surface area contributed by atoms with Crippen LogP contribution in [-0.2, 0) is 4.74 Å². The maximum Gasteiger partial charge on any atom is 0.161 e. The SMILES string of the molecule is CCN(CCOC)C(CN)c1ccc2c(c1)OCCO2. The molecule has 5 nitrogen and oxygen atoms in total. The zero-order chi connectivity index (χ0) is 14.4. The number of rotatable bonds is 7. The van der Waals surface area contributed by atoms with Crippen LogP contribution in [0.3, 0.4) is 0 Å². The van der Waals surface area contributed by atoms with Gasteiger partial charge in [0.2, 0.25) is 0 Å². The van der Waals surface area contributed by atoms with Crippen molar-refractivity contribution in [1.29, 1.82) is 0 Å². The van der Waals surface area contributed by atoms with E-state index in [0.29, 0.717) is 26.4 Å². The van der Waals surface area contributed by atoms with Gasteiger partial charge in [-0.15, -0.1) is 0 Å². The zero-order valence-electron chi connectivity index (χ0n) is 12.3. The summed E-state index contributed by atoms with van der Waals surface area (Å²) in [5.41, 5.74) is 7.14. The van der Waals surface area contributed by atoms with Crippen LogP contribution in [0.2, 0.25) is 0 Å². The van der Waals surface area contributed by atoms with E-state index in [9.17, 15) is 0 Å². The Kier molecular flexibility index (Phi) is 5.64. The van der Waals surface area contributed by atoms with Crippen LogP contribution in [0.5, 0.6) is 11.5 Å². The first-order valence-corrected chi connectivity index (χ1v) is 7.12. The van der Waals surface area contributed by atoms with Crippen LogP contribution in [0.1, 0.15) is 18.5 Å². The molecule has 20 heavy (non-hydrogen) atoms. The Morgan fingerprint density at radius 1 is 1.30 bits per heavy atom. The fraction of sp³-hybridized carbons (Fsp3) is 0.600. The molecule has 0 bridgehead atoms. The number of hydrogen-bond acceptors (Lipinski definition) is 5. The number of nitrogens with zero attached hydrogens (tertiary/aromatic N) is 1. The Morgan fingerprint density at radius 2 is 2.05 bits per heavy atom. The van der Waals surface area contributed by atoms with Crippen molar-refractivity contribution >= 4 is 0 Å². The number of nitrogens with two attached hydrogens (primary N) is 1. The van der Waals surface area contributed by atoms with E-state index >= 15 is 0 Å². The molecule has 0 saturated heterocycles. The normalized spacial score (nSPS) is 15.4. The summed E-state index contributed by atoms with van der Waals surface area (Å²) in [6.45, 7) is 6.41. The Balaban J connectivity index is 2.17. The molecule has 1 aromatic rings. The van der Waals surface area contributed by atoms with E-state index in [2.05, 4.69) is 17.9 Å². The highest BCUT2D eigenvalue weighted by Crippen LogP contribution is 2.33. The fourth-order valence-corrected chi connectivity index (χ4v) is 2.51. The number of hydrogen-bond donors (Lipinski definition) is 1. The first-order chi connectivity index (χ1) is 9.80. The van der Waals surface area contributed by atoms with Crippen LogP contribution < -0.4 is 15.2 Å². The van der Waals surface area contributed by atoms with Gasteiger partial charge in [-0.05, 0) is 24.2 Å². The Bertz CT molecular complexity index is 426. The average Bonchev–Trinajstić information content (AvgIpc) is 2.51. The number of fused-ring (bicyclic) bond motifs is 1. The lowest BCUT2D eigenvalue weighted by atomic mass is 10.0. The molecule has 1 aromatic carbocycles. The summed E-state index contributed by atoms with van der Waals surface area (Å²) in [7, 11) is 1.72. The summed E-state index contributed by atoms with van der Waals surface area (Å²) in [4.78, 5) is 2.31. The minimum Gasteiger partial charge on any atom is -0.486 e. The summed E-state index contributed by atoms with van der Waals surface area (Å²) < 4.78 is 16.4. The highest BCUT2D eigenvalue weighted by atomic mass is 16.6. The summed E-state index contributed by atoms with van der Waals surface area (Å²) in [6, 6.07) is 6.25. The van der Waals surface area contributed by atoms with Crippen LogP contribution >= 0.6 is 0 Å². The van der Waals surface area contributed by atoms with Crippen molar-refractivity contribution in [2.75, 3.05) is 46.6 Å². The summed E-state index contributed by atoms with van der Waals surface area (Å²) in [6.07, 6.45) is 0. The molecule has 0 saturated carbocycles. The predicted octanol–water partition coefficient (Wildman–Crippen LogP) is 1.43. The van der Waals surface area contributed by atoms with Crippen LogP contribution in [0.25, 0.3) is 0 Å². The molecule has 1 aliphatic rings. The molecule has 1 unspecified atom stereocenters. The Morgan fingerprint density at radius 3 is 2.70 bits per heavy atom. The molecule has 0 amide bonds. The highest BCUT2D eigenvalue weighted by Gasteiger charge is 2.20. The van der Waals surface area contributed by atoms with Gasteiger partial charge in [0, 0.05) is 26.2 Å². The van der Waals surface area contributed by atoms with E-state index in [-0.39, 0.29) is 6.04 Å². The number of benzene rings is 1. The number of methoxy groups -OCH3 is 1. The Labute approximate surface area is 120 Å². The molecule has 0 spiro atoms. The van der Waals surface area contributed by atoms with Crippen molar-refractivity contribution in [2.24, 2.45) is 5.73 Å². The van der Waals surface area contributed by atoms with Crippen molar-refractivity contribution in [3.63, 3.8) is 0 Å². The van der Waals surface area contributed by atoms with Gasteiger partial charge >= 0.3 is 0 Å². The van der Waals surface area contributed by atoms with Gasteiger partial charge in [-0.2, -0.15) is 0 Å². The van der Waals surface area contributed by atoms with Gasteiger partial charge in [0.05, 0.1) is 6.61 Å². The molecule has 5 heteroatoms. The fourth-order valence-electron chi connectivity index (χ4n) is 2.51. The maximum absolute atomic E-state index is 5.97. The lowest BCUT2D eigenvalue weighted by molar-refractivity contribution is 0.125. The molecule has 0 radical (unpaired) electrons.